The van der Waals surface area contributed by atoms with Crippen LogP contribution in [0, 0.1) is 22.7 Å². The lowest BCUT2D eigenvalue weighted by Crippen LogP contribution is -2.58. The Kier molecular flexibility index (Phi) is 2.62. The molecule has 4 atom stereocenters. The fraction of sp³-hybridized carbons (Fsp3) is 0.714. The molecule has 3 aliphatic rings. The third-order valence-corrected chi connectivity index (χ3v) is 5.68. The van der Waals surface area contributed by atoms with Crippen LogP contribution in [0.4, 0.5) is 0 Å². The molecule has 0 amide bonds. The molecule has 2 N–H and O–H groups in total. The summed E-state index contributed by atoms with van der Waals surface area (Å²) < 4.78 is 0. The van der Waals surface area contributed by atoms with Crippen LogP contribution in [0.5, 0.6) is 0 Å². The first kappa shape index (κ1) is 13.1. The van der Waals surface area contributed by atoms with E-state index < -0.39 is 34.6 Å². The smallest absolute Gasteiger partial charge is 0.308 e. The van der Waals surface area contributed by atoms with Gasteiger partial charge in [-0.1, -0.05) is 25.0 Å². The van der Waals surface area contributed by atoms with Gasteiger partial charge in [-0.2, -0.15) is 0 Å². The number of carboxylic acid groups (broad SMARTS) is 2. The van der Waals surface area contributed by atoms with Gasteiger partial charge in [0.15, 0.2) is 0 Å². The molecule has 1 fully saturated rings. The van der Waals surface area contributed by atoms with Gasteiger partial charge in [0.25, 0.3) is 0 Å². The van der Waals surface area contributed by atoms with Gasteiger partial charge < -0.3 is 10.2 Å². The first-order valence-electron chi connectivity index (χ1n) is 6.30. The molecule has 3 rings (SSSR count). The number of carbonyl (C=O) groups is 2. The number of fused-ring (bicyclic) bond motifs is 2. The van der Waals surface area contributed by atoms with Crippen LogP contribution in [0.1, 0.15) is 40.5 Å². The van der Waals surface area contributed by atoms with Crippen molar-refractivity contribution in [1.29, 1.82) is 0 Å². The van der Waals surface area contributed by atoms with Gasteiger partial charge in [-0.15, -0.1) is 0 Å². The topological polar surface area (TPSA) is 74.6 Å². The van der Waals surface area contributed by atoms with E-state index in [9.17, 15) is 19.8 Å². The van der Waals surface area contributed by atoms with Crippen LogP contribution < -0.4 is 0 Å². The van der Waals surface area contributed by atoms with E-state index in [1.807, 2.05) is 27.7 Å². The van der Waals surface area contributed by atoms with Crippen molar-refractivity contribution in [3.63, 3.8) is 0 Å². The van der Waals surface area contributed by atoms with E-state index in [2.05, 4.69) is 0 Å². The molecule has 0 aromatic rings. The van der Waals surface area contributed by atoms with Gasteiger partial charge in [-0.25, -0.2) is 0 Å². The number of hydrogen-bond acceptors (Lipinski definition) is 2. The summed E-state index contributed by atoms with van der Waals surface area (Å²) in [6.45, 7) is 7.72. The number of hydrogen-bond donors (Lipinski definition) is 2. The summed E-state index contributed by atoms with van der Waals surface area (Å²) in [6.07, 6.45) is 1.51. The normalized spacial score (nSPS) is 43.1. The van der Waals surface area contributed by atoms with Gasteiger partial charge in [0.05, 0.1) is 11.8 Å². The van der Waals surface area contributed by atoms with Gasteiger partial charge in [0.2, 0.25) is 0 Å². The maximum Gasteiger partial charge on any atom is 0.308 e. The first-order chi connectivity index (χ1) is 8.16. The van der Waals surface area contributed by atoms with Crippen LogP contribution in [-0.4, -0.2) is 22.2 Å². The lowest BCUT2D eigenvalue weighted by atomic mass is 9.44. The molecule has 0 aromatic carbocycles. The van der Waals surface area contributed by atoms with E-state index in [0.29, 0.717) is 0 Å². The number of rotatable bonds is 2. The standard InChI is InChI=1S/C14H20O4/c1-7-8(2)14(4)6-5-13(7,3)9(11(15)16)10(14)12(17)18/h9-10H,5-6H2,1-4H3,(H,15,16)(H,17,18). The predicted octanol–water partition coefficient (Wildman–Crippen LogP) is 2.54. The Bertz CT molecular complexity index is 422. The van der Waals surface area contributed by atoms with Crippen molar-refractivity contribution in [3.8, 4) is 0 Å². The molecule has 0 saturated heterocycles. The predicted molar refractivity (Wildman–Crippen MR) is 66.1 cm³/mol. The highest BCUT2D eigenvalue weighted by Crippen LogP contribution is 2.64. The van der Waals surface area contributed by atoms with Gasteiger partial charge in [-0.05, 0) is 26.7 Å². The van der Waals surface area contributed by atoms with Gasteiger partial charge in [-0.3, -0.25) is 9.59 Å². The largest absolute Gasteiger partial charge is 0.481 e. The van der Waals surface area contributed by atoms with Crippen molar-refractivity contribution >= 4 is 11.9 Å². The molecule has 0 spiro atoms. The first-order valence-corrected chi connectivity index (χ1v) is 6.30. The zero-order valence-corrected chi connectivity index (χ0v) is 11.3. The minimum Gasteiger partial charge on any atom is -0.481 e. The Morgan fingerprint density at radius 2 is 1.22 bits per heavy atom. The summed E-state index contributed by atoms with van der Waals surface area (Å²) in [7, 11) is 0. The average molecular weight is 252 g/mol. The van der Waals surface area contributed by atoms with E-state index in [-0.39, 0.29) is 0 Å². The van der Waals surface area contributed by atoms with Gasteiger partial charge in [0.1, 0.15) is 0 Å². The summed E-state index contributed by atoms with van der Waals surface area (Å²) >= 11 is 0. The van der Waals surface area contributed by atoms with Crippen LogP contribution >= 0.6 is 0 Å². The zero-order valence-electron chi connectivity index (χ0n) is 11.3. The summed E-state index contributed by atoms with van der Waals surface area (Å²) in [6, 6.07) is 0. The molecular formula is C14H20O4. The molecule has 3 aliphatic carbocycles. The molecule has 18 heavy (non-hydrogen) atoms. The highest BCUT2D eigenvalue weighted by atomic mass is 16.4. The van der Waals surface area contributed by atoms with Crippen molar-refractivity contribution in [2.45, 2.75) is 40.5 Å². The molecule has 4 nitrogen and oxygen atoms in total. The summed E-state index contributed by atoms with van der Waals surface area (Å²) in [5.41, 5.74) is 1.11. The van der Waals surface area contributed by atoms with Crippen LogP contribution in [0.3, 0.4) is 0 Å². The van der Waals surface area contributed by atoms with Crippen LogP contribution in [0.2, 0.25) is 0 Å². The van der Waals surface area contributed by atoms with Crippen molar-refractivity contribution < 1.29 is 19.8 Å². The second kappa shape index (κ2) is 3.59. The molecule has 0 aliphatic heterocycles. The van der Waals surface area contributed by atoms with E-state index in [0.717, 1.165) is 24.0 Å². The number of aliphatic carboxylic acids is 2. The van der Waals surface area contributed by atoms with E-state index >= 15 is 0 Å². The Morgan fingerprint density at radius 1 is 0.944 bits per heavy atom. The highest BCUT2D eigenvalue weighted by molar-refractivity contribution is 5.83. The lowest BCUT2D eigenvalue weighted by Gasteiger charge is -2.58. The number of carboxylic acids is 2. The van der Waals surface area contributed by atoms with Crippen molar-refractivity contribution in [2.24, 2.45) is 22.7 Å². The SMILES string of the molecule is CC1=C(C)C2(C)CCC1(C)C(C(=O)O)C2C(=O)O. The Balaban J connectivity index is 2.70. The van der Waals surface area contributed by atoms with Gasteiger partial charge >= 0.3 is 11.9 Å². The minimum absolute atomic E-state index is 0.517. The summed E-state index contributed by atoms with van der Waals surface area (Å²) in [5, 5.41) is 19.0. The second-order valence-corrected chi connectivity index (χ2v) is 6.22. The van der Waals surface area contributed by atoms with Crippen LogP contribution in [0.25, 0.3) is 0 Å². The van der Waals surface area contributed by atoms with Crippen LogP contribution in [-0.2, 0) is 9.59 Å². The third-order valence-electron chi connectivity index (χ3n) is 5.68. The monoisotopic (exact) mass is 252 g/mol. The molecular weight excluding hydrogens is 232 g/mol. The fourth-order valence-corrected chi connectivity index (χ4v) is 4.09. The average Bonchev–Trinajstić information content (AvgIpc) is 2.27. The van der Waals surface area contributed by atoms with E-state index in [1.54, 1.807) is 0 Å². The molecule has 0 radical (unpaired) electrons. The molecule has 1 saturated carbocycles. The Morgan fingerprint density at radius 3 is 1.44 bits per heavy atom. The molecule has 4 heteroatoms. The van der Waals surface area contributed by atoms with Crippen LogP contribution in [0.15, 0.2) is 11.1 Å². The van der Waals surface area contributed by atoms with Crippen molar-refractivity contribution in [3.05, 3.63) is 11.1 Å². The Hall–Kier alpha value is -1.32. The Labute approximate surface area is 107 Å². The lowest BCUT2D eigenvalue weighted by molar-refractivity contribution is -0.171. The molecule has 0 heterocycles. The maximum absolute atomic E-state index is 11.6. The van der Waals surface area contributed by atoms with Crippen molar-refractivity contribution in [1.82, 2.24) is 0 Å². The second-order valence-electron chi connectivity index (χ2n) is 6.22. The minimum atomic E-state index is -0.984. The quantitative estimate of drug-likeness (QED) is 0.741. The third kappa shape index (κ3) is 1.32. The summed E-state index contributed by atoms with van der Waals surface area (Å²) in [4.78, 5) is 23.1. The summed E-state index contributed by atoms with van der Waals surface area (Å²) in [5.74, 6) is -3.61. The molecule has 0 aromatic heterocycles. The highest BCUT2D eigenvalue weighted by Gasteiger charge is 2.63. The maximum atomic E-state index is 11.6. The molecule has 100 valence electrons. The van der Waals surface area contributed by atoms with E-state index in [4.69, 9.17) is 0 Å². The molecule has 2 bridgehead atoms. The number of allylic oxidation sites excluding steroid dienone is 2. The zero-order chi connectivity index (χ0) is 13.9. The molecule has 4 unspecified atom stereocenters. The van der Waals surface area contributed by atoms with E-state index in [1.165, 1.54) is 0 Å². The van der Waals surface area contributed by atoms with Gasteiger partial charge in [0, 0.05) is 10.8 Å². The van der Waals surface area contributed by atoms with Crippen molar-refractivity contribution in [2.75, 3.05) is 0 Å². The fourth-order valence-electron chi connectivity index (χ4n) is 4.09.